The van der Waals surface area contributed by atoms with Gasteiger partial charge in [0.1, 0.15) is 5.38 Å². The minimum absolute atomic E-state index is 0.725. The van der Waals surface area contributed by atoms with Crippen LogP contribution < -0.4 is 5.11 Å². The van der Waals surface area contributed by atoms with Crippen molar-refractivity contribution >= 4 is 35.1 Å². The summed E-state index contributed by atoms with van der Waals surface area (Å²) in [5, 5.41) is 6.84. The molecule has 0 aromatic rings. The number of rotatable bonds is 2. The standard InChI is InChI=1S/C6H4Cl2O4/c7-4(5(10)11)6(8)2-1-3(9)12-6/h1-2,4H,(H,10,11)/p-1. The number of esters is 1. The van der Waals surface area contributed by atoms with Crippen molar-refractivity contribution in [1.29, 1.82) is 0 Å². The Hall–Kier alpha value is -0.740. The van der Waals surface area contributed by atoms with Crippen molar-refractivity contribution in [2.24, 2.45) is 0 Å². The molecule has 0 bridgehead atoms. The molecular formula is C6H3Cl2O4-. The Kier molecular flexibility index (Phi) is 2.30. The number of aliphatic carboxylic acids is 1. The van der Waals surface area contributed by atoms with Crippen LogP contribution in [0.2, 0.25) is 0 Å². The number of cyclic esters (lactones) is 1. The minimum atomic E-state index is -1.81. The molecule has 0 saturated carbocycles. The summed E-state index contributed by atoms with van der Waals surface area (Å²) < 4.78 is 4.43. The maximum absolute atomic E-state index is 10.5. The third-order valence-electron chi connectivity index (χ3n) is 1.26. The van der Waals surface area contributed by atoms with Gasteiger partial charge in [-0.25, -0.2) is 4.79 Å². The maximum atomic E-state index is 10.5. The fraction of sp³-hybridized carbons (Fsp3) is 0.333. The van der Waals surface area contributed by atoms with Crippen LogP contribution in [-0.4, -0.2) is 22.4 Å². The number of ether oxygens (including phenoxy) is 1. The molecule has 1 aliphatic rings. The topological polar surface area (TPSA) is 66.4 Å². The Balaban J connectivity index is 2.81. The van der Waals surface area contributed by atoms with Gasteiger partial charge in [0, 0.05) is 6.08 Å². The highest BCUT2D eigenvalue weighted by molar-refractivity contribution is 6.39. The number of halogens is 2. The van der Waals surface area contributed by atoms with Crippen LogP contribution in [0.3, 0.4) is 0 Å². The molecule has 66 valence electrons. The molecule has 0 spiro atoms. The summed E-state index contributed by atoms with van der Waals surface area (Å²) in [4.78, 5) is 20.8. The van der Waals surface area contributed by atoms with Crippen LogP contribution in [-0.2, 0) is 14.3 Å². The average Bonchev–Trinajstić information content (AvgIpc) is 2.31. The summed E-state index contributed by atoms with van der Waals surface area (Å²) in [6, 6.07) is 0. The zero-order valence-electron chi connectivity index (χ0n) is 5.62. The normalized spacial score (nSPS) is 30.0. The van der Waals surface area contributed by atoms with Crippen LogP contribution >= 0.6 is 23.2 Å². The monoisotopic (exact) mass is 209 g/mol. The molecule has 2 unspecified atom stereocenters. The Morgan fingerprint density at radius 3 is 2.67 bits per heavy atom. The van der Waals surface area contributed by atoms with E-state index in [-0.39, 0.29) is 0 Å². The van der Waals surface area contributed by atoms with Crippen molar-refractivity contribution in [2.45, 2.75) is 10.4 Å². The van der Waals surface area contributed by atoms with Crippen molar-refractivity contribution in [3.63, 3.8) is 0 Å². The van der Waals surface area contributed by atoms with Gasteiger partial charge in [-0.3, -0.25) is 0 Å². The van der Waals surface area contributed by atoms with Gasteiger partial charge in [0.15, 0.2) is 0 Å². The van der Waals surface area contributed by atoms with Gasteiger partial charge in [-0.15, -0.1) is 11.6 Å². The molecule has 1 rings (SSSR count). The molecule has 1 aliphatic heterocycles. The molecule has 4 nitrogen and oxygen atoms in total. The van der Waals surface area contributed by atoms with Crippen molar-refractivity contribution < 1.29 is 19.4 Å². The third kappa shape index (κ3) is 1.54. The van der Waals surface area contributed by atoms with Crippen LogP contribution in [0.5, 0.6) is 0 Å². The molecule has 0 aromatic heterocycles. The molecule has 0 N–H and O–H groups in total. The second-order valence-corrected chi connectivity index (χ2v) is 3.16. The Bertz CT molecular complexity index is 262. The smallest absolute Gasteiger partial charge is 0.332 e. The molecule has 12 heavy (non-hydrogen) atoms. The average molecular weight is 210 g/mol. The zero-order valence-corrected chi connectivity index (χ0v) is 7.13. The quantitative estimate of drug-likeness (QED) is 0.450. The molecule has 0 aromatic carbocycles. The van der Waals surface area contributed by atoms with Gasteiger partial charge in [0.2, 0.25) is 5.06 Å². The molecule has 0 radical (unpaired) electrons. The molecular weight excluding hydrogens is 207 g/mol. The van der Waals surface area contributed by atoms with E-state index >= 15 is 0 Å². The second kappa shape index (κ2) is 2.95. The van der Waals surface area contributed by atoms with Crippen molar-refractivity contribution in [3.05, 3.63) is 12.2 Å². The van der Waals surface area contributed by atoms with E-state index in [0.717, 1.165) is 12.2 Å². The molecule has 0 saturated heterocycles. The summed E-state index contributed by atoms with van der Waals surface area (Å²) >= 11 is 10.8. The minimum Gasteiger partial charge on any atom is -0.548 e. The lowest BCUT2D eigenvalue weighted by atomic mass is 10.2. The van der Waals surface area contributed by atoms with Gasteiger partial charge in [0.05, 0.1) is 5.97 Å². The summed E-state index contributed by atoms with van der Waals surface area (Å²) in [6.45, 7) is 0. The van der Waals surface area contributed by atoms with Crippen LogP contribution in [0.25, 0.3) is 0 Å². The Labute approximate surface area is 77.7 Å². The second-order valence-electron chi connectivity index (χ2n) is 2.13. The first-order chi connectivity index (χ1) is 5.46. The fourth-order valence-electron chi connectivity index (χ4n) is 0.701. The number of carboxylic acids is 1. The molecule has 2 atom stereocenters. The molecule has 1 heterocycles. The zero-order chi connectivity index (χ0) is 9.35. The first-order valence-corrected chi connectivity index (χ1v) is 3.73. The predicted molar refractivity (Wildman–Crippen MR) is 38.5 cm³/mol. The van der Waals surface area contributed by atoms with Crippen molar-refractivity contribution in [1.82, 2.24) is 0 Å². The van der Waals surface area contributed by atoms with Gasteiger partial charge in [-0.1, -0.05) is 11.6 Å². The van der Waals surface area contributed by atoms with Gasteiger partial charge in [-0.05, 0) is 6.08 Å². The van der Waals surface area contributed by atoms with Crippen molar-refractivity contribution in [2.75, 3.05) is 0 Å². The highest BCUT2D eigenvalue weighted by Gasteiger charge is 2.41. The number of carboxylic acid groups (broad SMARTS) is 1. The highest BCUT2D eigenvalue weighted by atomic mass is 35.5. The molecule has 0 aliphatic carbocycles. The van der Waals surface area contributed by atoms with E-state index in [1.807, 2.05) is 0 Å². The lowest BCUT2D eigenvalue weighted by Gasteiger charge is -2.24. The van der Waals surface area contributed by atoms with Crippen LogP contribution in [0.15, 0.2) is 12.2 Å². The number of carbonyl (C=O) groups excluding carboxylic acids is 2. The fourth-order valence-corrected chi connectivity index (χ4v) is 1.05. The van der Waals surface area contributed by atoms with Crippen LogP contribution in [0, 0.1) is 0 Å². The summed E-state index contributed by atoms with van der Waals surface area (Å²) in [6.07, 6.45) is 2.08. The first-order valence-electron chi connectivity index (χ1n) is 2.92. The summed E-state index contributed by atoms with van der Waals surface area (Å²) in [5.41, 5.74) is 0. The lowest BCUT2D eigenvalue weighted by molar-refractivity contribution is -0.306. The number of carbonyl (C=O) groups is 2. The SMILES string of the molecule is O=C1C=CC(Cl)(C(Cl)C(=O)[O-])O1. The first kappa shape index (κ1) is 9.35. The summed E-state index contributed by atoms with van der Waals surface area (Å²) in [7, 11) is 0. The molecule has 0 amide bonds. The van der Waals surface area contributed by atoms with Gasteiger partial charge < -0.3 is 14.6 Å². The van der Waals surface area contributed by atoms with E-state index in [4.69, 9.17) is 23.2 Å². The van der Waals surface area contributed by atoms with Gasteiger partial charge in [0.25, 0.3) is 0 Å². The largest absolute Gasteiger partial charge is 0.548 e. The van der Waals surface area contributed by atoms with Gasteiger partial charge >= 0.3 is 5.97 Å². The Morgan fingerprint density at radius 1 is 1.75 bits per heavy atom. The van der Waals surface area contributed by atoms with E-state index in [9.17, 15) is 14.7 Å². The Morgan fingerprint density at radius 2 is 2.33 bits per heavy atom. The molecule has 6 heteroatoms. The lowest BCUT2D eigenvalue weighted by Crippen LogP contribution is -2.45. The predicted octanol–water partition coefficient (Wildman–Crippen LogP) is -0.608. The number of alkyl halides is 2. The van der Waals surface area contributed by atoms with Gasteiger partial charge in [-0.2, -0.15) is 0 Å². The van der Waals surface area contributed by atoms with Crippen molar-refractivity contribution in [3.8, 4) is 0 Å². The van der Waals surface area contributed by atoms with E-state index in [0.29, 0.717) is 0 Å². The van der Waals surface area contributed by atoms with E-state index in [1.165, 1.54) is 0 Å². The third-order valence-corrected chi connectivity index (χ3v) is 2.29. The maximum Gasteiger partial charge on any atom is 0.332 e. The highest BCUT2D eigenvalue weighted by Crippen LogP contribution is 2.31. The van der Waals surface area contributed by atoms with E-state index < -0.39 is 22.4 Å². The number of hydrogen-bond donors (Lipinski definition) is 0. The summed E-state index contributed by atoms with van der Waals surface area (Å²) in [5.74, 6) is -2.32. The van der Waals surface area contributed by atoms with E-state index in [2.05, 4.69) is 4.74 Å². The van der Waals surface area contributed by atoms with E-state index in [1.54, 1.807) is 0 Å². The molecule has 0 fully saturated rings. The van der Waals surface area contributed by atoms with Crippen LogP contribution in [0.1, 0.15) is 0 Å². The number of hydrogen-bond acceptors (Lipinski definition) is 4. The van der Waals surface area contributed by atoms with Crippen LogP contribution in [0.4, 0.5) is 0 Å².